The molecular formula is C17H10ClF2NO2. The van der Waals surface area contributed by atoms with Gasteiger partial charge in [-0.15, -0.1) is 0 Å². The van der Waals surface area contributed by atoms with Gasteiger partial charge in [0.1, 0.15) is 0 Å². The molecule has 23 heavy (non-hydrogen) atoms. The van der Waals surface area contributed by atoms with Crippen LogP contribution < -0.4 is 0 Å². The number of hydrogen-bond donors (Lipinski definition) is 0. The number of cyclic esters (lactones) is 1. The Morgan fingerprint density at radius 2 is 1.78 bits per heavy atom. The van der Waals surface area contributed by atoms with E-state index in [2.05, 4.69) is 4.99 Å². The predicted molar refractivity (Wildman–Crippen MR) is 83.2 cm³/mol. The quantitative estimate of drug-likeness (QED) is 0.467. The Hall–Kier alpha value is -2.53. The number of halogens is 3. The Balaban J connectivity index is 1.98. The Kier molecular flexibility index (Phi) is 3.96. The van der Waals surface area contributed by atoms with Crippen molar-refractivity contribution in [3.05, 3.63) is 75.4 Å². The van der Waals surface area contributed by atoms with Gasteiger partial charge in [-0.2, -0.15) is 0 Å². The molecule has 0 bridgehead atoms. The van der Waals surface area contributed by atoms with E-state index in [1.165, 1.54) is 0 Å². The van der Waals surface area contributed by atoms with Crippen LogP contribution in [-0.4, -0.2) is 11.9 Å². The monoisotopic (exact) mass is 333 g/mol. The number of carbonyl (C=O) groups excluding carboxylic acids is 1. The SMILES string of the molecule is Cc1ccc(C=C2N=C(c3cc(F)c(F)cc3Cl)OC2=O)cc1. The molecule has 116 valence electrons. The molecule has 0 fully saturated rings. The second-order valence-electron chi connectivity index (χ2n) is 4.99. The molecule has 1 aliphatic heterocycles. The van der Waals surface area contributed by atoms with E-state index in [4.69, 9.17) is 16.3 Å². The van der Waals surface area contributed by atoms with E-state index in [1.54, 1.807) is 6.08 Å². The predicted octanol–water partition coefficient (Wildman–Crippen LogP) is 4.27. The van der Waals surface area contributed by atoms with E-state index < -0.39 is 17.6 Å². The molecule has 0 spiro atoms. The fourth-order valence-electron chi connectivity index (χ4n) is 2.03. The standard InChI is InChI=1S/C17H10ClF2NO2/c1-9-2-4-10(5-3-9)6-15-17(22)23-16(21-15)11-7-13(19)14(20)8-12(11)18/h2-8H,1H3. The first-order valence-corrected chi connectivity index (χ1v) is 7.06. The van der Waals surface area contributed by atoms with Crippen LogP contribution in [0.3, 0.4) is 0 Å². The molecule has 0 aliphatic carbocycles. The van der Waals surface area contributed by atoms with Gasteiger partial charge in [0, 0.05) is 0 Å². The molecule has 2 aromatic rings. The van der Waals surface area contributed by atoms with Crippen molar-refractivity contribution in [2.75, 3.05) is 0 Å². The maximum Gasteiger partial charge on any atom is 0.363 e. The number of aryl methyl sites for hydroxylation is 1. The second-order valence-corrected chi connectivity index (χ2v) is 5.40. The molecule has 3 rings (SSSR count). The van der Waals surface area contributed by atoms with Crippen LogP contribution in [0.25, 0.3) is 6.08 Å². The minimum Gasteiger partial charge on any atom is -0.402 e. The van der Waals surface area contributed by atoms with E-state index in [9.17, 15) is 13.6 Å². The van der Waals surface area contributed by atoms with Gasteiger partial charge in [-0.25, -0.2) is 18.6 Å². The summed E-state index contributed by atoms with van der Waals surface area (Å²) in [5.74, 6) is -3.02. The Labute approximate surface area is 135 Å². The molecule has 0 radical (unpaired) electrons. The highest BCUT2D eigenvalue weighted by molar-refractivity contribution is 6.34. The lowest BCUT2D eigenvalue weighted by Crippen LogP contribution is -2.07. The first-order chi connectivity index (χ1) is 10.9. The summed E-state index contributed by atoms with van der Waals surface area (Å²) in [6, 6.07) is 9.09. The fourth-order valence-corrected chi connectivity index (χ4v) is 2.26. The highest BCUT2D eigenvalue weighted by Gasteiger charge is 2.26. The van der Waals surface area contributed by atoms with E-state index in [0.29, 0.717) is 0 Å². The molecule has 1 heterocycles. The highest BCUT2D eigenvalue weighted by Crippen LogP contribution is 2.25. The molecule has 0 saturated carbocycles. The maximum absolute atomic E-state index is 13.3. The van der Waals surface area contributed by atoms with Gasteiger partial charge in [0.2, 0.25) is 5.90 Å². The van der Waals surface area contributed by atoms with Crippen LogP contribution in [0.4, 0.5) is 8.78 Å². The van der Waals surface area contributed by atoms with Crippen molar-refractivity contribution in [3.63, 3.8) is 0 Å². The van der Waals surface area contributed by atoms with E-state index in [1.807, 2.05) is 31.2 Å². The zero-order chi connectivity index (χ0) is 16.6. The topological polar surface area (TPSA) is 38.7 Å². The Morgan fingerprint density at radius 1 is 1.13 bits per heavy atom. The molecule has 1 aliphatic rings. The largest absolute Gasteiger partial charge is 0.402 e. The minimum absolute atomic E-state index is 0.0197. The van der Waals surface area contributed by atoms with E-state index >= 15 is 0 Å². The number of nitrogens with zero attached hydrogens (tertiary/aromatic N) is 1. The number of rotatable bonds is 2. The molecule has 0 saturated heterocycles. The number of benzene rings is 2. The molecular weight excluding hydrogens is 324 g/mol. The van der Waals surface area contributed by atoms with Gasteiger partial charge in [0.05, 0.1) is 10.6 Å². The number of hydrogen-bond acceptors (Lipinski definition) is 3. The summed E-state index contributed by atoms with van der Waals surface area (Å²) in [6.07, 6.45) is 1.54. The Morgan fingerprint density at radius 3 is 2.48 bits per heavy atom. The van der Waals surface area contributed by atoms with Crippen LogP contribution in [0.2, 0.25) is 5.02 Å². The first-order valence-electron chi connectivity index (χ1n) is 6.68. The molecule has 0 N–H and O–H groups in total. The van der Waals surface area contributed by atoms with Gasteiger partial charge < -0.3 is 4.74 Å². The van der Waals surface area contributed by atoms with Crippen molar-refractivity contribution in [1.29, 1.82) is 0 Å². The summed E-state index contributed by atoms with van der Waals surface area (Å²) in [5, 5.41) is -0.0907. The number of carbonyl (C=O) groups is 1. The van der Waals surface area contributed by atoms with Gasteiger partial charge >= 0.3 is 5.97 Å². The zero-order valence-corrected chi connectivity index (χ0v) is 12.7. The van der Waals surface area contributed by atoms with E-state index in [-0.39, 0.29) is 22.2 Å². The molecule has 0 amide bonds. The van der Waals surface area contributed by atoms with Crippen molar-refractivity contribution in [3.8, 4) is 0 Å². The van der Waals surface area contributed by atoms with E-state index in [0.717, 1.165) is 23.3 Å². The average Bonchev–Trinajstić information content (AvgIpc) is 2.86. The summed E-state index contributed by atoms with van der Waals surface area (Å²) in [5.41, 5.74) is 1.93. The van der Waals surface area contributed by atoms with Crippen LogP contribution in [0.15, 0.2) is 47.1 Å². The zero-order valence-electron chi connectivity index (χ0n) is 11.9. The van der Waals surface area contributed by atoms with Gasteiger partial charge in [0.25, 0.3) is 0 Å². The number of ether oxygens (including phenoxy) is 1. The molecule has 2 aromatic carbocycles. The summed E-state index contributed by atoms with van der Waals surface area (Å²) >= 11 is 5.86. The molecule has 3 nitrogen and oxygen atoms in total. The smallest absolute Gasteiger partial charge is 0.363 e. The molecule has 6 heteroatoms. The first kappa shape index (κ1) is 15.4. The summed E-state index contributed by atoms with van der Waals surface area (Å²) < 4.78 is 31.5. The minimum atomic E-state index is -1.10. The summed E-state index contributed by atoms with van der Waals surface area (Å²) in [4.78, 5) is 15.9. The van der Waals surface area contributed by atoms with Crippen molar-refractivity contribution < 1.29 is 18.3 Å². The normalized spacial score (nSPS) is 15.7. The third kappa shape index (κ3) is 3.14. The average molecular weight is 334 g/mol. The van der Waals surface area contributed by atoms with Gasteiger partial charge in [-0.3, -0.25) is 0 Å². The third-order valence-electron chi connectivity index (χ3n) is 3.24. The lowest BCUT2D eigenvalue weighted by molar-refractivity contribution is -0.129. The highest BCUT2D eigenvalue weighted by atomic mass is 35.5. The lowest BCUT2D eigenvalue weighted by Gasteiger charge is -2.03. The number of aliphatic imine (C=N–C) groups is 1. The van der Waals surface area contributed by atoms with Crippen LogP contribution >= 0.6 is 11.6 Å². The van der Waals surface area contributed by atoms with Crippen LogP contribution in [0.1, 0.15) is 16.7 Å². The fraction of sp³-hybridized carbons (Fsp3) is 0.0588. The second kappa shape index (κ2) is 5.93. The van der Waals surface area contributed by atoms with Crippen molar-refractivity contribution >= 4 is 29.5 Å². The van der Waals surface area contributed by atoms with Gasteiger partial charge in [0.15, 0.2) is 17.3 Å². The molecule has 0 atom stereocenters. The maximum atomic E-state index is 13.3. The van der Waals surface area contributed by atoms with Gasteiger partial charge in [-0.1, -0.05) is 41.4 Å². The number of esters is 1. The van der Waals surface area contributed by atoms with Crippen LogP contribution in [0, 0.1) is 18.6 Å². The van der Waals surface area contributed by atoms with Crippen molar-refractivity contribution in [2.24, 2.45) is 4.99 Å². The molecule has 0 aromatic heterocycles. The van der Waals surface area contributed by atoms with Crippen molar-refractivity contribution in [1.82, 2.24) is 0 Å². The van der Waals surface area contributed by atoms with Gasteiger partial charge in [-0.05, 0) is 30.7 Å². The summed E-state index contributed by atoms with van der Waals surface area (Å²) in [7, 11) is 0. The van der Waals surface area contributed by atoms with Crippen LogP contribution in [-0.2, 0) is 9.53 Å². The third-order valence-corrected chi connectivity index (χ3v) is 3.55. The lowest BCUT2D eigenvalue weighted by atomic mass is 10.1. The van der Waals surface area contributed by atoms with Crippen molar-refractivity contribution in [2.45, 2.75) is 6.92 Å². The van der Waals surface area contributed by atoms with Crippen LogP contribution in [0.5, 0.6) is 0 Å². The molecule has 0 unspecified atom stereocenters. The Bertz CT molecular complexity index is 858. The summed E-state index contributed by atoms with van der Waals surface area (Å²) in [6.45, 7) is 1.95.